The van der Waals surface area contributed by atoms with Gasteiger partial charge in [0.1, 0.15) is 0 Å². The highest BCUT2D eigenvalue weighted by atomic mass is 79.9. The van der Waals surface area contributed by atoms with Crippen LogP contribution in [0, 0.1) is 0 Å². The summed E-state index contributed by atoms with van der Waals surface area (Å²) in [6.45, 7) is 2.62. The summed E-state index contributed by atoms with van der Waals surface area (Å²) in [6, 6.07) is 5.59. The van der Waals surface area contributed by atoms with Crippen LogP contribution in [0.5, 0.6) is 0 Å². The van der Waals surface area contributed by atoms with E-state index in [2.05, 4.69) is 44.1 Å². The standard InChI is InChI=1S/C13H17Br2NO2/c1-3-4-10(8-18-2)16-13(17)11-7-9(14)5-6-12(11)15/h5-7,10H,3-4,8H2,1-2H3,(H,16,17). The number of hydrogen-bond acceptors (Lipinski definition) is 2. The Bertz CT molecular complexity index is 404. The molecule has 0 saturated carbocycles. The molecule has 0 aliphatic carbocycles. The average molecular weight is 379 g/mol. The molecule has 0 fully saturated rings. The summed E-state index contributed by atoms with van der Waals surface area (Å²) in [5, 5.41) is 2.99. The van der Waals surface area contributed by atoms with Crippen LogP contribution in [0.3, 0.4) is 0 Å². The lowest BCUT2D eigenvalue weighted by Crippen LogP contribution is -2.38. The molecular formula is C13H17Br2NO2. The van der Waals surface area contributed by atoms with E-state index < -0.39 is 0 Å². The van der Waals surface area contributed by atoms with E-state index in [1.807, 2.05) is 12.1 Å². The summed E-state index contributed by atoms with van der Waals surface area (Å²) in [5.74, 6) is -0.0846. The van der Waals surface area contributed by atoms with Gasteiger partial charge in [0, 0.05) is 16.1 Å². The van der Waals surface area contributed by atoms with E-state index in [9.17, 15) is 4.79 Å². The normalized spacial score (nSPS) is 12.2. The fourth-order valence-electron chi connectivity index (χ4n) is 1.68. The predicted molar refractivity (Wildman–Crippen MR) is 79.9 cm³/mol. The van der Waals surface area contributed by atoms with Crippen LogP contribution in [0.1, 0.15) is 30.1 Å². The van der Waals surface area contributed by atoms with Gasteiger partial charge in [-0.1, -0.05) is 29.3 Å². The molecule has 1 amide bonds. The molecule has 0 bridgehead atoms. The first-order valence-corrected chi connectivity index (χ1v) is 7.42. The van der Waals surface area contributed by atoms with Crippen LogP contribution in [0.2, 0.25) is 0 Å². The summed E-state index contributed by atoms with van der Waals surface area (Å²) in [5.41, 5.74) is 0.626. The zero-order valence-corrected chi connectivity index (χ0v) is 13.7. The van der Waals surface area contributed by atoms with E-state index >= 15 is 0 Å². The summed E-state index contributed by atoms with van der Waals surface area (Å²) < 4.78 is 6.78. The number of amides is 1. The highest BCUT2D eigenvalue weighted by molar-refractivity contribution is 9.11. The van der Waals surface area contributed by atoms with E-state index in [0.29, 0.717) is 12.2 Å². The lowest BCUT2D eigenvalue weighted by molar-refractivity contribution is 0.0891. The van der Waals surface area contributed by atoms with E-state index in [1.165, 1.54) is 0 Å². The zero-order valence-electron chi connectivity index (χ0n) is 10.5. The molecule has 1 unspecified atom stereocenters. The van der Waals surface area contributed by atoms with Crippen LogP contribution in [-0.4, -0.2) is 25.7 Å². The first-order chi connectivity index (χ1) is 8.58. The van der Waals surface area contributed by atoms with E-state index in [4.69, 9.17) is 4.74 Å². The Morgan fingerprint density at radius 1 is 1.44 bits per heavy atom. The second-order valence-corrected chi connectivity index (χ2v) is 5.81. The summed E-state index contributed by atoms with van der Waals surface area (Å²) in [4.78, 5) is 12.2. The van der Waals surface area contributed by atoms with E-state index in [0.717, 1.165) is 21.8 Å². The van der Waals surface area contributed by atoms with E-state index in [-0.39, 0.29) is 11.9 Å². The molecule has 0 aliphatic heterocycles. The topological polar surface area (TPSA) is 38.3 Å². The SMILES string of the molecule is CCCC(COC)NC(=O)c1cc(Br)ccc1Br. The minimum absolute atomic E-state index is 0.0541. The third kappa shape index (κ3) is 4.71. The van der Waals surface area contributed by atoms with Crippen LogP contribution in [0.25, 0.3) is 0 Å². The van der Waals surface area contributed by atoms with Crippen molar-refractivity contribution in [3.05, 3.63) is 32.7 Å². The Kier molecular flexibility index (Phi) is 6.89. The molecule has 100 valence electrons. The lowest BCUT2D eigenvalue weighted by Gasteiger charge is -2.17. The van der Waals surface area contributed by atoms with Crippen LogP contribution in [0.4, 0.5) is 0 Å². The Morgan fingerprint density at radius 2 is 2.17 bits per heavy atom. The third-order valence-corrected chi connectivity index (χ3v) is 3.70. The van der Waals surface area contributed by atoms with Crippen LogP contribution in [0.15, 0.2) is 27.1 Å². The molecule has 0 saturated heterocycles. The molecule has 0 aromatic heterocycles. The van der Waals surface area contributed by atoms with Crippen molar-refractivity contribution < 1.29 is 9.53 Å². The molecule has 3 nitrogen and oxygen atoms in total. The molecule has 18 heavy (non-hydrogen) atoms. The second kappa shape index (κ2) is 7.92. The minimum Gasteiger partial charge on any atom is -0.383 e. The van der Waals surface area contributed by atoms with Crippen molar-refractivity contribution in [2.75, 3.05) is 13.7 Å². The Morgan fingerprint density at radius 3 is 2.78 bits per heavy atom. The first kappa shape index (κ1) is 15.7. The molecule has 0 spiro atoms. The van der Waals surface area contributed by atoms with Gasteiger partial charge in [-0.15, -0.1) is 0 Å². The largest absolute Gasteiger partial charge is 0.383 e. The van der Waals surface area contributed by atoms with Gasteiger partial charge in [0.15, 0.2) is 0 Å². The van der Waals surface area contributed by atoms with Gasteiger partial charge in [0.2, 0.25) is 0 Å². The summed E-state index contributed by atoms with van der Waals surface area (Å²) >= 11 is 6.75. The van der Waals surface area contributed by atoms with Crippen LogP contribution in [-0.2, 0) is 4.74 Å². The molecule has 1 rings (SSSR count). The maximum Gasteiger partial charge on any atom is 0.252 e. The van der Waals surface area contributed by atoms with Gasteiger partial charge in [-0.25, -0.2) is 0 Å². The number of carbonyl (C=O) groups is 1. The van der Waals surface area contributed by atoms with Gasteiger partial charge in [0.25, 0.3) is 5.91 Å². The monoisotopic (exact) mass is 377 g/mol. The van der Waals surface area contributed by atoms with Crippen LogP contribution >= 0.6 is 31.9 Å². The quantitative estimate of drug-likeness (QED) is 0.818. The number of nitrogens with one attached hydrogen (secondary N) is 1. The van der Waals surface area contributed by atoms with Crippen molar-refractivity contribution in [2.45, 2.75) is 25.8 Å². The summed E-state index contributed by atoms with van der Waals surface area (Å²) in [6.07, 6.45) is 1.92. The highest BCUT2D eigenvalue weighted by Crippen LogP contribution is 2.21. The number of ether oxygens (including phenoxy) is 1. The molecular weight excluding hydrogens is 362 g/mol. The second-order valence-electron chi connectivity index (χ2n) is 4.04. The van der Waals surface area contributed by atoms with Crippen molar-refractivity contribution in [1.29, 1.82) is 0 Å². The fourth-order valence-corrected chi connectivity index (χ4v) is 2.47. The first-order valence-electron chi connectivity index (χ1n) is 5.83. The Balaban J connectivity index is 2.76. The Labute approximate surface area is 125 Å². The molecule has 1 aromatic rings. The number of rotatable bonds is 6. The number of halogens is 2. The molecule has 0 heterocycles. The van der Waals surface area contributed by atoms with Crippen molar-refractivity contribution >= 4 is 37.8 Å². The third-order valence-electron chi connectivity index (χ3n) is 2.51. The van der Waals surface area contributed by atoms with Crippen molar-refractivity contribution in [1.82, 2.24) is 5.32 Å². The maximum absolute atomic E-state index is 12.2. The van der Waals surface area contributed by atoms with Gasteiger partial charge in [-0.2, -0.15) is 0 Å². The number of benzene rings is 1. The zero-order chi connectivity index (χ0) is 13.5. The molecule has 1 aromatic carbocycles. The fraction of sp³-hybridized carbons (Fsp3) is 0.462. The van der Waals surface area contributed by atoms with Crippen molar-refractivity contribution in [3.63, 3.8) is 0 Å². The number of methoxy groups -OCH3 is 1. The van der Waals surface area contributed by atoms with Crippen LogP contribution < -0.4 is 5.32 Å². The lowest BCUT2D eigenvalue weighted by atomic mass is 10.1. The maximum atomic E-state index is 12.2. The minimum atomic E-state index is -0.0846. The highest BCUT2D eigenvalue weighted by Gasteiger charge is 2.15. The summed E-state index contributed by atoms with van der Waals surface area (Å²) in [7, 11) is 1.64. The van der Waals surface area contributed by atoms with Gasteiger partial charge in [-0.3, -0.25) is 4.79 Å². The smallest absolute Gasteiger partial charge is 0.252 e. The molecule has 0 radical (unpaired) electrons. The van der Waals surface area contributed by atoms with Gasteiger partial charge in [-0.05, 0) is 40.5 Å². The molecule has 5 heteroatoms. The van der Waals surface area contributed by atoms with E-state index in [1.54, 1.807) is 13.2 Å². The van der Waals surface area contributed by atoms with Crippen molar-refractivity contribution in [2.24, 2.45) is 0 Å². The number of carbonyl (C=O) groups excluding carboxylic acids is 1. The van der Waals surface area contributed by atoms with Gasteiger partial charge in [0.05, 0.1) is 18.2 Å². The molecule has 1 atom stereocenters. The molecule has 1 N–H and O–H groups in total. The van der Waals surface area contributed by atoms with Crippen molar-refractivity contribution in [3.8, 4) is 0 Å². The molecule has 0 aliphatic rings. The average Bonchev–Trinajstić information content (AvgIpc) is 2.33. The Hall–Kier alpha value is -0.390. The predicted octanol–water partition coefficient (Wildman–Crippen LogP) is 3.76. The van der Waals surface area contributed by atoms with Gasteiger partial charge < -0.3 is 10.1 Å². The van der Waals surface area contributed by atoms with Gasteiger partial charge >= 0.3 is 0 Å². The number of hydrogen-bond donors (Lipinski definition) is 1.